The SMILES string of the molecule is CC(C)OC(=O)c1ccc(NC(=O)C2CC(O)CN2)cc1. The number of aliphatic hydroxyl groups excluding tert-OH is 1. The maximum atomic E-state index is 11.9. The summed E-state index contributed by atoms with van der Waals surface area (Å²) in [6, 6.07) is 6.14. The molecule has 6 heteroatoms. The molecule has 0 aliphatic carbocycles. The van der Waals surface area contributed by atoms with Crippen molar-refractivity contribution in [2.45, 2.75) is 38.5 Å². The highest BCUT2D eigenvalue weighted by Crippen LogP contribution is 2.14. The first-order valence-electron chi connectivity index (χ1n) is 6.99. The van der Waals surface area contributed by atoms with Crippen molar-refractivity contribution in [2.75, 3.05) is 11.9 Å². The van der Waals surface area contributed by atoms with Crippen LogP contribution in [0.2, 0.25) is 0 Å². The second-order valence-corrected chi connectivity index (χ2v) is 5.37. The van der Waals surface area contributed by atoms with Crippen LogP contribution in [0.1, 0.15) is 30.6 Å². The number of nitrogens with one attached hydrogen (secondary N) is 2. The normalized spacial score (nSPS) is 21.3. The lowest BCUT2D eigenvalue weighted by Gasteiger charge is -2.12. The average molecular weight is 292 g/mol. The van der Waals surface area contributed by atoms with Crippen molar-refractivity contribution in [1.29, 1.82) is 0 Å². The van der Waals surface area contributed by atoms with Crippen molar-refractivity contribution in [1.82, 2.24) is 5.32 Å². The number of carbonyl (C=O) groups excluding carboxylic acids is 2. The predicted octanol–water partition coefficient (Wildman–Crippen LogP) is 0.913. The zero-order valence-electron chi connectivity index (χ0n) is 12.1. The summed E-state index contributed by atoms with van der Waals surface area (Å²) in [5, 5.41) is 15.1. The molecule has 1 heterocycles. The molecule has 1 saturated heterocycles. The molecule has 0 spiro atoms. The highest BCUT2D eigenvalue weighted by Gasteiger charge is 2.27. The highest BCUT2D eigenvalue weighted by molar-refractivity contribution is 5.96. The number of carbonyl (C=O) groups is 2. The lowest BCUT2D eigenvalue weighted by Crippen LogP contribution is -2.35. The third-order valence-electron chi connectivity index (χ3n) is 3.16. The molecular weight excluding hydrogens is 272 g/mol. The van der Waals surface area contributed by atoms with E-state index in [1.165, 1.54) is 0 Å². The second kappa shape index (κ2) is 6.69. The van der Waals surface area contributed by atoms with E-state index in [9.17, 15) is 14.7 Å². The van der Waals surface area contributed by atoms with Gasteiger partial charge in [0.25, 0.3) is 0 Å². The molecule has 6 nitrogen and oxygen atoms in total. The molecule has 2 unspecified atom stereocenters. The lowest BCUT2D eigenvalue weighted by molar-refractivity contribution is -0.117. The van der Waals surface area contributed by atoms with Crippen LogP contribution in [0.15, 0.2) is 24.3 Å². The van der Waals surface area contributed by atoms with Gasteiger partial charge in [0.05, 0.1) is 23.8 Å². The molecule has 0 radical (unpaired) electrons. The summed E-state index contributed by atoms with van der Waals surface area (Å²) in [6.07, 6.45) is -0.240. The molecule has 3 N–H and O–H groups in total. The third-order valence-corrected chi connectivity index (χ3v) is 3.16. The number of aliphatic hydroxyl groups is 1. The Morgan fingerprint density at radius 1 is 1.33 bits per heavy atom. The van der Waals surface area contributed by atoms with Crippen molar-refractivity contribution in [3.05, 3.63) is 29.8 Å². The van der Waals surface area contributed by atoms with Gasteiger partial charge in [0.15, 0.2) is 0 Å². The van der Waals surface area contributed by atoms with Crippen LogP contribution in [0.3, 0.4) is 0 Å². The largest absolute Gasteiger partial charge is 0.459 e. The molecule has 2 atom stereocenters. The molecule has 21 heavy (non-hydrogen) atoms. The van der Waals surface area contributed by atoms with Crippen LogP contribution in [0.5, 0.6) is 0 Å². The summed E-state index contributed by atoms with van der Waals surface area (Å²) in [6.45, 7) is 4.00. The molecule has 114 valence electrons. The van der Waals surface area contributed by atoms with Gasteiger partial charge in [-0.2, -0.15) is 0 Å². The molecule has 0 bridgehead atoms. The van der Waals surface area contributed by atoms with E-state index >= 15 is 0 Å². The van der Waals surface area contributed by atoms with Crippen molar-refractivity contribution < 1.29 is 19.4 Å². The zero-order valence-corrected chi connectivity index (χ0v) is 12.1. The van der Waals surface area contributed by atoms with E-state index < -0.39 is 6.10 Å². The minimum Gasteiger partial charge on any atom is -0.459 e. The molecule has 1 amide bonds. The Hall–Kier alpha value is -1.92. The number of β-amino-alcohol motifs (C(OH)–C–C–N with tert-alkyl or cyclic N) is 1. The molecule has 1 aromatic carbocycles. The van der Waals surface area contributed by atoms with E-state index in [0.717, 1.165) is 0 Å². The molecule has 2 rings (SSSR count). The average Bonchev–Trinajstić information content (AvgIpc) is 2.85. The van der Waals surface area contributed by atoms with Crippen LogP contribution < -0.4 is 10.6 Å². The van der Waals surface area contributed by atoms with Gasteiger partial charge >= 0.3 is 5.97 Å². The number of benzene rings is 1. The topological polar surface area (TPSA) is 87.7 Å². The van der Waals surface area contributed by atoms with Gasteiger partial charge in [0.2, 0.25) is 5.91 Å². The molecule has 1 aliphatic rings. The minimum atomic E-state index is -0.478. The third kappa shape index (κ3) is 4.27. The smallest absolute Gasteiger partial charge is 0.338 e. The fourth-order valence-electron chi connectivity index (χ4n) is 2.12. The van der Waals surface area contributed by atoms with E-state index in [2.05, 4.69) is 10.6 Å². The Kier molecular flexibility index (Phi) is 4.93. The Balaban J connectivity index is 1.93. The van der Waals surface area contributed by atoms with Crippen molar-refractivity contribution in [3.8, 4) is 0 Å². The van der Waals surface area contributed by atoms with Gasteiger partial charge in [-0.1, -0.05) is 0 Å². The Morgan fingerprint density at radius 2 is 2.00 bits per heavy atom. The lowest BCUT2D eigenvalue weighted by atomic mass is 10.1. The Labute approximate surface area is 123 Å². The summed E-state index contributed by atoms with van der Waals surface area (Å²) < 4.78 is 5.09. The first-order valence-corrected chi connectivity index (χ1v) is 6.99. The van der Waals surface area contributed by atoms with E-state index in [4.69, 9.17) is 4.74 Å². The monoisotopic (exact) mass is 292 g/mol. The van der Waals surface area contributed by atoms with Gasteiger partial charge in [0.1, 0.15) is 0 Å². The van der Waals surface area contributed by atoms with E-state index in [1.807, 2.05) is 0 Å². The van der Waals surface area contributed by atoms with Crippen molar-refractivity contribution in [2.24, 2.45) is 0 Å². The fourth-order valence-corrected chi connectivity index (χ4v) is 2.12. The molecular formula is C15H20N2O4. The van der Waals surface area contributed by atoms with Crippen molar-refractivity contribution >= 4 is 17.6 Å². The summed E-state index contributed by atoms with van der Waals surface area (Å²) in [4.78, 5) is 23.6. The molecule has 0 aromatic heterocycles. The maximum absolute atomic E-state index is 11.9. The first-order chi connectivity index (χ1) is 9.95. The summed E-state index contributed by atoms with van der Waals surface area (Å²) in [5.41, 5.74) is 1.04. The van der Waals surface area contributed by atoms with E-state index in [0.29, 0.717) is 24.2 Å². The van der Waals surface area contributed by atoms with Crippen LogP contribution >= 0.6 is 0 Å². The first kappa shape index (κ1) is 15.5. The molecule has 1 aromatic rings. The molecule has 0 saturated carbocycles. The van der Waals surface area contributed by atoms with E-state index in [1.54, 1.807) is 38.1 Å². The van der Waals surface area contributed by atoms with Gasteiger partial charge in [0, 0.05) is 12.2 Å². The van der Waals surface area contributed by atoms with Gasteiger partial charge < -0.3 is 20.5 Å². The van der Waals surface area contributed by atoms with Gasteiger partial charge in [-0.3, -0.25) is 4.79 Å². The summed E-state index contributed by atoms with van der Waals surface area (Å²) in [7, 11) is 0. The Morgan fingerprint density at radius 3 is 2.52 bits per heavy atom. The zero-order chi connectivity index (χ0) is 15.4. The van der Waals surface area contributed by atoms with Gasteiger partial charge in [-0.25, -0.2) is 4.79 Å². The number of hydrogen-bond donors (Lipinski definition) is 3. The highest BCUT2D eigenvalue weighted by atomic mass is 16.5. The number of ether oxygens (including phenoxy) is 1. The molecule has 1 fully saturated rings. The van der Waals surface area contributed by atoms with Crippen LogP contribution in [-0.2, 0) is 9.53 Å². The fraction of sp³-hybridized carbons (Fsp3) is 0.467. The van der Waals surface area contributed by atoms with Gasteiger partial charge in [-0.15, -0.1) is 0 Å². The summed E-state index contributed by atoms with van der Waals surface area (Å²) >= 11 is 0. The van der Waals surface area contributed by atoms with Crippen molar-refractivity contribution in [3.63, 3.8) is 0 Å². The number of esters is 1. The van der Waals surface area contributed by atoms with E-state index in [-0.39, 0.29) is 24.0 Å². The predicted molar refractivity (Wildman–Crippen MR) is 78.0 cm³/mol. The van der Waals surface area contributed by atoms with Crippen LogP contribution in [0.4, 0.5) is 5.69 Å². The number of rotatable bonds is 4. The maximum Gasteiger partial charge on any atom is 0.338 e. The van der Waals surface area contributed by atoms with Crippen LogP contribution in [-0.4, -0.2) is 41.8 Å². The standard InChI is InChI=1S/C15H20N2O4/c1-9(2)21-15(20)10-3-5-11(6-4-10)17-14(19)13-7-12(18)8-16-13/h3-6,9,12-13,16,18H,7-8H2,1-2H3,(H,17,19). The molecule has 1 aliphatic heterocycles. The number of amides is 1. The number of hydrogen-bond acceptors (Lipinski definition) is 5. The van der Waals surface area contributed by atoms with Crippen LogP contribution in [0, 0.1) is 0 Å². The quantitative estimate of drug-likeness (QED) is 0.718. The minimum absolute atomic E-state index is 0.170. The van der Waals surface area contributed by atoms with Crippen LogP contribution in [0.25, 0.3) is 0 Å². The summed E-state index contributed by atoms with van der Waals surface area (Å²) in [5.74, 6) is -0.576. The second-order valence-electron chi connectivity index (χ2n) is 5.37. The van der Waals surface area contributed by atoms with Gasteiger partial charge in [-0.05, 0) is 44.5 Å². The Bertz CT molecular complexity index is 513. The number of anilines is 1.